The highest BCUT2D eigenvalue weighted by Gasteiger charge is 2.21. The zero-order chi connectivity index (χ0) is 12.2. The second-order valence-electron chi connectivity index (χ2n) is 6.11. The quantitative estimate of drug-likeness (QED) is 0.771. The molecule has 1 fully saturated rings. The third kappa shape index (κ3) is 5.83. The summed E-state index contributed by atoms with van der Waals surface area (Å²) in [5.74, 6) is 0.869. The molecule has 1 rings (SSSR count). The predicted molar refractivity (Wildman–Crippen MR) is 68.6 cm³/mol. The van der Waals surface area contributed by atoms with Crippen molar-refractivity contribution >= 4 is 0 Å². The largest absolute Gasteiger partial charge is 0.390 e. The Morgan fingerprint density at radius 1 is 1.25 bits per heavy atom. The Morgan fingerprint density at radius 2 is 1.81 bits per heavy atom. The number of piperidine rings is 1. The van der Waals surface area contributed by atoms with Gasteiger partial charge in [0.15, 0.2) is 0 Å². The van der Waals surface area contributed by atoms with Gasteiger partial charge in [0.25, 0.3) is 0 Å². The summed E-state index contributed by atoms with van der Waals surface area (Å²) in [6.07, 6.45) is 3.50. The van der Waals surface area contributed by atoms with Gasteiger partial charge in [-0.2, -0.15) is 0 Å². The van der Waals surface area contributed by atoms with E-state index in [-0.39, 0.29) is 0 Å². The number of hydrogen-bond acceptors (Lipinski definition) is 3. The first-order valence-corrected chi connectivity index (χ1v) is 6.46. The Hall–Kier alpha value is -0.120. The van der Waals surface area contributed by atoms with Crippen LogP contribution in [0, 0.1) is 5.92 Å². The minimum atomic E-state index is -0.513. The van der Waals surface area contributed by atoms with Crippen LogP contribution in [0.15, 0.2) is 0 Å². The number of nitrogens with zero attached hydrogens (tertiary/aromatic N) is 2. The first kappa shape index (κ1) is 13.9. The summed E-state index contributed by atoms with van der Waals surface area (Å²) in [6, 6.07) is 0. The van der Waals surface area contributed by atoms with E-state index in [9.17, 15) is 5.11 Å². The van der Waals surface area contributed by atoms with Gasteiger partial charge in [0.05, 0.1) is 5.60 Å². The van der Waals surface area contributed by atoms with Crippen molar-refractivity contribution in [1.82, 2.24) is 9.80 Å². The van der Waals surface area contributed by atoms with Crippen LogP contribution in [0.2, 0.25) is 0 Å². The molecule has 0 aromatic heterocycles. The molecular formula is C13H28N2O. The van der Waals surface area contributed by atoms with E-state index in [1.165, 1.54) is 32.5 Å². The summed E-state index contributed by atoms with van der Waals surface area (Å²) in [6.45, 7) is 8.46. The first-order valence-electron chi connectivity index (χ1n) is 6.46. The Balaban J connectivity index is 2.17. The van der Waals surface area contributed by atoms with Crippen molar-refractivity contribution in [3.05, 3.63) is 0 Å². The maximum Gasteiger partial charge on any atom is 0.0603 e. The Kier molecular flexibility index (Phi) is 5.22. The molecule has 0 aromatic rings. The molecule has 0 unspecified atom stereocenters. The number of hydrogen-bond donors (Lipinski definition) is 1. The van der Waals surface area contributed by atoms with Crippen LogP contribution in [-0.4, -0.2) is 60.8 Å². The summed E-state index contributed by atoms with van der Waals surface area (Å²) in [7, 11) is 4.31. The molecule has 3 nitrogen and oxygen atoms in total. The molecule has 0 amide bonds. The van der Waals surface area contributed by atoms with Gasteiger partial charge in [0, 0.05) is 13.1 Å². The average molecular weight is 228 g/mol. The third-order valence-electron chi connectivity index (χ3n) is 3.37. The molecule has 1 aliphatic rings. The molecule has 0 saturated carbocycles. The molecule has 0 radical (unpaired) electrons. The lowest BCUT2D eigenvalue weighted by Gasteiger charge is -2.34. The van der Waals surface area contributed by atoms with E-state index in [1.807, 2.05) is 13.8 Å². The van der Waals surface area contributed by atoms with Crippen LogP contribution in [0.1, 0.15) is 33.1 Å². The van der Waals surface area contributed by atoms with Gasteiger partial charge in [-0.3, -0.25) is 0 Å². The van der Waals surface area contributed by atoms with Crippen LogP contribution >= 0.6 is 0 Å². The molecule has 0 aromatic carbocycles. The smallest absolute Gasteiger partial charge is 0.0603 e. The molecule has 0 bridgehead atoms. The minimum Gasteiger partial charge on any atom is -0.390 e. The molecule has 1 aliphatic heterocycles. The van der Waals surface area contributed by atoms with E-state index in [1.54, 1.807) is 0 Å². The first-order chi connectivity index (χ1) is 7.37. The second kappa shape index (κ2) is 5.99. The lowest BCUT2D eigenvalue weighted by atomic mass is 9.95. The highest BCUT2D eigenvalue weighted by Crippen LogP contribution is 2.19. The highest BCUT2D eigenvalue weighted by molar-refractivity contribution is 4.76. The molecular weight excluding hydrogens is 200 g/mol. The SMILES string of the molecule is CN(C)CC1CCN(CCC(C)(C)O)CC1. The molecule has 0 spiro atoms. The average Bonchev–Trinajstić information content (AvgIpc) is 2.14. The lowest BCUT2D eigenvalue weighted by molar-refractivity contribution is 0.0511. The molecule has 1 saturated heterocycles. The van der Waals surface area contributed by atoms with Crippen molar-refractivity contribution in [3.63, 3.8) is 0 Å². The molecule has 1 N–H and O–H groups in total. The maximum absolute atomic E-state index is 9.69. The van der Waals surface area contributed by atoms with Gasteiger partial charge < -0.3 is 14.9 Å². The van der Waals surface area contributed by atoms with Crippen molar-refractivity contribution in [2.24, 2.45) is 5.92 Å². The van der Waals surface area contributed by atoms with Crippen LogP contribution in [-0.2, 0) is 0 Å². The minimum absolute atomic E-state index is 0.513. The number of likely N-dealkylation sites (tertiary alicyclic amines) is 1. The fourth-order valence-corrected chi connectivity index (χ4v) is 2.34. The van der Waals surface area contributed by atoms with Crippen LogP contribution < -0.4 is 0 Å². The topological polar surface area (TPSA) is 26.7 Å². The molecule has 3 heteroatoms. The van der Waals surface area contributed by atoms with Crippen LogP contribution in [0.3, 0.4) is 0 Å². The van der Waals surface area contributed by atoms with Gasteiger partial charge in [0.1, 0.15) is 0 Å². The van der Waals surface area contributed by atoms with E-state index in [0.717, 1.165) is 18.9 Å². The normalized spacial score (nSPS) is 20.6. The standard InChI is InChI=1S/C13H28N2O/c1-13(2,16)7-10-15-8-5-12(6-9-15)11-14(3)4/h12,16H,5-11H2,1-4H3. The van der Waals surface area contributed by atoms with Crippen molar-refractivity contribution in [2.45, 2.75) is 38.7 Å². The Bertz CT molecular complexity index is 191. The second-order valence-corrected chi connectivity index (χ2v) is 6.11. The number of rotatable bonds is 5. The van der Waals surface area contributed by atoms with Gasteiger partial charge in [0.2, 0.25) is 0 Å². The van der Waals surface area contributed by atoms with Gasteiger partial charge >= 0.3 is 0 Å². The van der Waals surface area contributed by atoms with Gasteiger partial charge in [-0.25, -0.2) is 0 Å². The van der Waals surface area contributed by atoms with Crippen molar-refractivity contribution < 1.29 is 5.11 Å². The summed E-state index contributed by atoms with van der Waals surface area (Å²) < 4.78 is 0. The third-order valence-corrected chi connectivity index (χ3v) is 3.37. The molecule has 0 aliphatic carbocycles. The zero-order valence-electron chi connectivity index (χ0n) is 11.4. The van der Waals surface area contributed by atoms with Crippen molar-refractivity contribution in [1.29, 1.82) is 0 Å². The Labute approximate surface area is 100 Å². The van der Waals surface area contributed by atoms with E-state index >= 15 is 0 Å². The van der Waals surface area contributed by atoms with Crippen LogP contribution in [0.25, 0.3) is 0 Å². The maximum atomic E-state index is 9.69. The van der Waals surface area contributed by atoms with Crippen molar-refractivity contribution in [2.75, 3.05) is 40.3 Å². The predicted octanol–water partition coefficient (Wildman–Crippen LogP) is 1.42. The van der Waals surface area contributed by atoms with E-state index in [2.05, 4.69) is 23.9 Å². The molecule has 96 valence electrons. The van der Waals surface area contributed by atoms with E-state index in [0.29, 0.717) is 0 Å². The fourth-order valence-electron chi connectivity index (χ4n) is 2.34. The van der Waals surface area contributed by atoms with Gasteiger partial charge in [-0.05, 0) is 66.2 Å². The monoisotopic (exact) mass is 228 g/mol. The molecule has 0 atom stereocenters. The van der Waals surface area contributed by atoms with Gasteiger partial charge in [-0.15, -0.1) is 0 Å². The van der Waals surface area contributed by atoms with Crippen molar-refractivity contribution in [3.8, 4) is 0 Å². The number of aliphatic hydroxyl groups is 1. The Morgan fingerprint density at radius 3 is 2.25 bits per heavy atom. The lowest BCUT2D eigenvalue weighted by Crippen LogP contribution is -2.39. The van der Waals surface area contributed by atoms with Gasteiger partial charge in [-0.1, -0.05) is 0 Å². The summed E-state index contributed by atoms with van der Waals surface area (Å²) in [4.78, 5) is 4.78. The van der Waals surface area contributed by atoms with Crippen LogP contribution in [0.4, 0.5) is 0 Å². The summed E-state index contributed by atoms with van der Waals surface area (Å²) in [5, 5.41) is 9.69. The highest BCUT2D eigenvalue weighted by atomic mass is 16.3. The molecule has 16 heavy (non-hydrogen) atoms. The zero-order valence-corrected chi connectivity index (χ0v) is 11.4. The molecule has 1 heterocycles. The van der Waals surface area contributed by atoms with E-state index in [4.69, 9.17) is 0 Å². The fraction of sp³-hybridized carbons (Fsp3) is 1.00. The summed E-state index contributed by atoms with van der Waals surface area (Å²) in [5.41, 5.74) is -0.513. The summed E-state index contributed by atoms with van der Waals surface area (Å²) >= 11 is 0. The van der Waals surface area contributed by atoms with E-state index < -0.39 is 5.60 Å². The van der Waals surface area contributed by atoms with Crippen LogP contribution in [0.5, 0.6) is 0 Å².